The van der Waals surface area contributed by atoms with Gasteiger partial charge in [0.2, 0.25) is 5.88 Å². The summed E-state index contributed by atoms with van der Waals surface area (Å²) in [6.45, 7) is 1.49. The van der Waals surface area contributed by atoms with E-state index in [1.54, 1.807) is 6.20 Å². The first kappa shape index (κ1) is 13.9. The lowest BCUT2D eigenvalue weighted by atomic mass is 10.2. The molecule has 0 fully saturated rings. The quantitative estimate of drug-likeness (QED) is 0.686. The number of nitrogens with zero attached hydrogens (tertiary/aromatic N) is 3. The van der Waals surface area contributed by atoms with Gasteiger partial charge in [0, 0.05) is 18.9 Å². The lowest BCUT2D eigenvalue weighted by Gasteiger charge is -2.11. The molecule has 0 saturated carbocycles. The predicted molar refractivity (Wildman–Crippen MR) is 72.2 cm³/mol. The van der Waals surface area contributed by atoms with Crippen molar-refractivity contribution in [3.63, 3.8) is 0 Å². The van der Waals surface area contributed by atoms with Crippen molar-refractivity contribution in [1.29, 1.82) is 0 Å². The third-order valence-corrected chi connectivity index (χ3v) is 2.92. The molecule has 0 bridgehead atoms. The van der Waals surface area contributed by atoms with Gasteiger partial charge in [-0.2, -0.15) is 4.37 Å². The van der Waals surface area contributed by atoms with Crippen LogP contribution in [0.4, 0.5) is 0 Å². The van der Waals surface area contributed by atoms with Gasteiger partial charge in [0.1, 0.15) is 18.9 Å². The highest BCUT2D eigenvalue weighted by Gasteiger charge is 2.05. The summed E-state index contributed by atoms with van der Waals surface area (Å²) in [6.07, 6.45) is 5.46. The predicted octanol–water partition coefficient (Wildman–Crippen LogP) is 0.505. The van der Waals surface area contributed by atoms with Crippen LogP contribution in [-0.4, -0.2) is 44.6 Å². The summed E-state index contributed by atoms with van der Waals surface area (Å²) >= 11 is 1.08. The zero-order valence-electron chi connectivity index (χ0n) is 10.4. The Morgan fingerprint density at radius 3 is 3.11 bits per heavy atom. The van der Waals surface area contributed by atoms with Gasteiger partial charge in [0.05, 0.1) is 11.7 Å². The number of aromatic nitrogens is 3. The molecule has 2 rings (SSSR count). The molecule has 2 N–H and O–H groups in total. The first-order chi connectivity index (χ1) is 9.34. The van der Waals surface area contributed by atoms with Crippen LogP contribution in [0.25, 0.3) is 0 Å². The molecule has 102 valence electrons. The van der Waals surface area contributed by atoms with Crippen molar-refractivity contribution in [3.8, 4) is 5.88 Å². The van der Waals surface area contributed by atoms with Gasteiger partial charge in [0.15, 0.2) is 0 Å². The number of hydrogen-bond donors (Lipinski definition) is 2. The highest BCUT2D eigenvalue weighted by atomic mass is 32.1. The van der Waals surface area contributed by atoms with E-state index in [0.717, 1.165) is 24.7 Å². The molecule has 2 aromatic rings. The van der Waals surface area contributed by atoms with Gasteiger partial charge in [-0.15, -0.1) is 4.37 Å². The van der Waals surface area contributed by atoms with Crippen LogP contribution in [0.5, 0.6) is 5.88 Å². The SMILES string of the molecule is OC(CNCCc1cccnc1)COc1cnsn1. The third-order valence-electron chi connectivity index (χ3n) is 2.46. The van der Waals surface area contributed by atoms with Crippen LogP contribution in [0.1, 0.15) is 5.56 Å². The molecule has 2 aromatic heterocycles. The van der Waals surface area contributed by atoms with Crippen LogP contribution in [0.2, 0.25) is 0 Å². The maximum absolute atomic E-state index is 9.70. The maximum Gasteiger partial charge on any atom is 0.245 e. The maximum atomic E-state index is 9.70. The van der Waals surface area contributed by atoms with Gasteiger partial charge in [-0.3, -0.25) is 4.98 Å². The van der Waals surface area contributed by atoms with E-state index in [4.69, 9.17) is 4.74 Å². The Hall–Kier alpha value is -1.57. The summed E-state index contributed by atoms with van der Waals surface area (Å²) < 4.78 is 13.0. The minimum absolute atomic E-state index is 0.214. The zero-order valence-corrected chi connectivity index (χ0v) is 11.2. The molecule has 0 aliphatic heterocycles. The van der Waals surface area contributed by atoms with Gasteiger partial charge < -0.3 is 15.2 Å². The molecule has 7 heteroatoms. The molecule has 6 nitrogen and oxygen atoms in total. The fourth-order valence-electron chi connectivity index (χ4n) is 1.51. The standard InChI is InChI=1S/C12H16N4O2S/c17-11(9-18-12-8-15-19-16-12)7-14-5-3-10-2-1-4-13-6-10/h1-2,4,6,8,11,14,17H,3,5,7,9H2. The Bertz CT molecular complexity index is 452. The molecular formula is C12H16N4O2S. The molecule has 0 aromatic carbocycles. The lowest BCUT2D eigenvalue weighted by molar-refractivity contribution is 0.104. The largest absolute Gasteiger partial charge is 0.473 e. The number of pyridine rings is 1. The van der Waals surface area contributed by atoms with Gasteiger partial charge in [-0.05, 0) is 24.6 Å². The van der Waals surface area contributed by atoms with E-state index in [1.165, 1.54) is 11.8 Å². The fourth-order valence-corrected chi connectivity index (χ4v) is 1.87. The molecule has 0 amide bonds. The summed E-state index contributed by atoms with van der Waals surface area (Å²) in [7, 11) is 0. The Labute approximate surface area is 115 Å². The first-order valence-corrected chi connectivity index (χ1v) is 6.75. The van der Waals surface area contributed by atoms with Crippen molar-refractivity contribution in [2.24, 2.45) is 0 Å². The number of nitrogens with one attached hydrogen (secondary N) is 1. The molecule has 0 aliphatic carbocycles. The molecule has 0 aliphatic rings. The van der Waals surface area contributed by atoms with Gasteiger partial charge >= 0.3 is 0 Å². The van der Waals surface area contributed by atoms with Crippen LogP contribution in [0, 0.1) is 0 Å². The van der Waals surface area contributed by atoms with Crippen molar-refractivity contribution in [2.45, 2.75) is 12.5 Å². The fraction of sp³-hybridized carbons (Fsp3) is 0.417. The number of rotatable bonds is 8. The molecule has 1 unspecified atom stereocenters. The smallest absolute Gasteiger partial charge is 0.245 e. The normalized spacial score (nSPS) is 12.3. The third kappa shape index (κ3) is 5.29. The molecular weight excluding hydrogens is 264 g/mol. The second kappa shape index (κ2) is 7.78. The van der Waals surface area contributed by atoms with Crippen molar-refractivity contribution >= 4 is 11.7 Å². The van der Waals surface area contributed by atoms with Crippen molar-refractivity contribution in [1.82, 2.24) is 19.0 Å². The van der Waals surface area contributed by atoms with E-state index in [1.807, 2.05) is 18.3 Å². The first-order valence-electron chi connectivity index (χ1n) is 6.02. The average molecular weight is 280 g/mol. The summed E-state index contributed by atoms with van der Waals surface area (Å²) in [5.74, 6) is 0.458. The Kier molecular flexibility index (Phi) is 5.67. The number of aliphatic hydroxyl groups excluding tert-OH is 1. The van der Waals surface area contributed by atoms with Crippen LogP contribution in [-0.2, 0) is 6.42 Å². The molecule has 0 saturated heterocycles. The summed E-state index contributed by atoms with van der Waals surface area (Å²) in [4.78, 5) is 4.05. The van der Waals surface area contributed by atoms with Crippen molar-refractivity contribution < 1.29 is 9.84 Å². The second-order valence-corrected chi connectivity index (χ2v) is 4.58. The van der Waals surface area contributed by atoms with Crippen LogP contribution < -0.4 is 10.1 Å². The lowest BCUT2D eigenvalue weighted by Crippen LogP contribution is -2.32. The summed E-state index contributed by atoms with van der Waals surface area (Å²) in [6, 6.07) is 3.95. The van der Waals surface area contributed by atoms with Crippen molar-refractivity contribution in [3.05, 3.63) is 36.3 Å². The number of aliphatic hydroxyl groups is 1. The number of hydrogen-bond acceptors (Lipinski definition) is 7. The van der Waals surface area contributed by atoms with Crippen molar-refractivity contribution in [2.75, 3.05) is 19.7 Å². The van der Waals surface area contributed by atoms with Crippen LogP contribution >= 0.6 is 11.7 Å². The summed E-state index contributed by atoms with van der Waals surface area (Å²) in [5, 5.41) is 12.9. The Morgan fingerprint density at radius 1 is 1.42 bits per heavy atom. The minimum atomic E-state index is -0.560. The monoisotopic (exact) mass is 280 g/mol. The number of ether oxygens (including phenoxy) is 1. The van der Waals surface area contributed by atoms with E-state index in [0.29, 0.717) is 12.4 Å². The highest BCUT2D eigenvalue weighted by Crippen LogP contribution is 2.05. The van der Waals surface area contributed by atoms with Gasteiger partial charge in [-0.1, -0.05) is 6.07 Å². The minimum Gasteiger partial charge on any atom is -0.473 e. The second-order valence-electron chi connectivity index (χ2n) is 4.03. The highest BCUT2D eigenvalue weighted by molar-refractivity contribution is 6.99. The van der Waals surface area contributed by atoms with E-state index in [9.17, 15) is 5.11 Å². The van der Waals surface area contributed by atoms with E-state index < -0.39 is 6.10 Å². The average Bonchev–Trinajstić information content (AvgIpc) is 2.96. The summed E-state index contributed by atoms with van der Waals surface area (Å²) in [5.41, 5.74) is 1.18. The topological polar surface area (TPSA) is 80.2 Å². The Balaban J connectivity index is 1.55. The van der Waals surface area contributed by atoms with Crippen LogP contribution in [0.3, 0.4) is 0 Å². The van der Waals surface area contributed by atoms with Gasteiger partial charge in [-0.25, -0.2) is 0 Å². The molecule has 0 radical (unpaired) electrons. The van der Waals surface area contributed by atoms with E-state index in [2.05, 4.69) is 19.0 Å². The van der Waals surface area contributed by atoms with Gasteiger partial charge in [0.25, 0.3) is 0 Å². The van der Waals surface area contributed by atoms with Crippen LogP contribution in [0.15, 0.2) is 30.7 Å². The van der Waals surface area contributed by atoms with E-state index >= 15 is 0 Å². The molecule has 19 heavy (non-hydrogen) atoms. The zero-order chi connectivity index (χ0) is 13.3. The molecule has 2 heterocycles. The molecule has 0 spiro atoms. The molecule has 1 atom stereocenters. The Morgan fingerprint density at radius 2 is 2.37 bits per heavy atom. The van der Waals surface area contributed by atoms with E-state index in [-0.39, 0.29) is 6.61 Å².